The van der Waals surface area contributed by atoms with Crippen molar-refractivity contribution in [2.75, 3.05) is 13.1 Å². The largest absolute Gasteiger partial charge is 0.480 e. The number of carboxylic acids is 1. The molecular weight excluding hydrogens is 264 g/mol. The van der Waals surface area contributed by atoms with Gasteiger partial charge in [0.05, 0.1) is 0 Å². The maximum Gasteiger partial charge on any atom is 0.323 e. The summed E-state index contributed by atoms with van der Waals surface area (Å²) in [6.07, 6.45) is 5.55. The van der Waals surface area contributed by atoms with E-state index in [0.717, 1.165) is 25.9 Å². The number of hydrogen-bond donors (Lipinski definition) is 2. The monoisotopic (exact) mass is 298 g/mol. The lowest BCUT2D eigenvalue weighted by atomic mass is 9.79. The third-order valence-corrected chi connectivity index (χ3v) is 4.69. The number of aliphatic carboxylic acids is 1. The summed E-state index contributed by atoms with van der Waals surface area (Å²) < 4.78 is 0. The molecule has 0 aliphatic heterocycles. The summed E-state index contributed by atoms with van der Waals surface area (Å²) in [5.74, 6) is 0.523. The van der Waals surface area contributed by atoms with Crippen molar-refractivity contribution >= 4 is 5.97 Å². The molecule has 0 aromatic heterocycles. The summed E-state index contributed by atoms with van der Waals surface area (Å²) in [7, 11) is 0. The van der Waals surface area contributed by atoms with Gasteiger partial charge in [0.2, 0.25) is 0 Å². The smallest absolute Gasteiger partial charge is 0.323 e. The Morgan fingerprint density at radius 2 is 1.76 bits per heavy atom. The first kappa shape index (κ1) is 18.4. The maximum absolute atomic E-state index is 11.4. The Hall–Kier alpha value is -0.610. The van der Waals surface area contributed by atoms with Gasteiger partial charge < -0.3 is 15.7 Å². The lowest BCUT2D eigenvalue weighted by molar-refractivity contribution is -0.145. The summed E-state index contributed by atoms with van der Waals surface area (Å²) in [5, 5.41) is 9.39. The zero-order valence-corrected chi connectivity index (χ0v) is 14.3. The zero-order chi connectivity index (χ0) is 16.0. The Morgan fingerprint density at radius 3 is 2.19 bits per heavy atom. The van der Waals surface area contributed by atoms with Crippen molar-refractivity contribution in [3.05, 3.63) is 0 Å². The van der Waals surface area contributed by atoms with E-state index in [2.05, 4.69) is 32.6 Å². The Labute approximate surface area is 130 Å². The van der Waals surface area contributed by atoms with Gasteiger partial charge in [-0.3, -0.25) is 4.79 Å². The highest BCUT2D eigenvalue weighted by atomic mass is 16.4. The van der Waals surface area contributed by atoms with E-state index in [0.29, 0.717) is 30.7 Å². The minimum atomic E-state index is -1.02. The van der Waals surface area contributed by atoms with Crippen LogP contribution in [0, 0.1) is 11.8 Å². The van der Waals surface area contributed by atoms with Crippen LogP contribution < -0.4 is 5.73 Å². The van der Waals surface area contributed by atoms with E-state index in [1.54, 1.807) is 0 Å². The molecule has 3 N–H and O–H groups in total. The van der Waals surface area contributed by atoms with Crippen LogP contribution in [0.1, 0.15) is 66.2 Å². The first-order valence-corrected chi connectivity index (χ1v) is 8.51. The number of nitrogens with two attached hydrogens (primary N) is 1. The molecule has 124 valence electrons. The maximum atomic E-state index is 11.4. The highest BCUT2D eigenvalue weighted by Gasteiger charge is 2.40. The fourth-order valence-electron chi connectivity index (χ4n) is 3.11. The lowest BCUT2D eigenvalue weighted by Crippen LogP contribution is -2.56. The van der Waals surface area contributed by atoms with E-state index < -0.39 is 11.5 Å². The minimum absolute atomic E-state index is 0.331. The minimum Gasteiger partial charge on any atom is -0.480 e. The van der Waals surface area contributed by atoms with Gasteiger partial charge in [-0.1, -0.05) is 27.7 Å². The standard InChI is InChI=1S/C17H34N2O2/c1-13(2)7-10-19(11-8-14(3)4)15-6-5-9-17(18,12-15)16(20)21/h13-15H,5-12,18H2,1-4H3,(H,20,21). The molecule has 4 nitrogen and oxygen atoms in total. The van der Waals surface area contributed by atoms with Gasteiger partial charge in [0.25, 0.3) is 0 Å². The van der Waals surface area contributed by atoms with Crippen LogP contribution in [0.5, 0.6) is 0 Å². The van der Waals surface area contributed by atoms with Gasteiger partial charge >= 0.3 is 5.97 Å². The molecule has 0 aromatic rings. The van der Waals surface area contributed by atoms with Crippen LogP contribution in [-0.2, 0) is 4.79 Å². The molecule has 1 fully saturated rings. The van der Waals surface area contributed by atoms with Crippen LogP contribution in [0.4, 0.5) is 0 Å². The lowest BCUT2D eigenvalue weighted by Gasteiger charge is -2.41. The summed E-state index contributed by atoms with van der Waals surface area (Å²) in [5.41, 5.74) is 5.10. The first-order valence-electron chi connectivity index (χ1n) is 8.51. The average Bonchev–Trinajstić information content (AvgIpc) is 2.38. The third-order valence-electron chi connectivity index (χ3n) is 4.69. The van der Waals surface area contributed by atoms with Gasteiger partial charge in [-0.15, -0.1) is 0 Å². The molecule has 1 rings (SSSR count). The van der Waals surface area contributed by atoms with Crippen molar-refractivity contribution in [3.63, 3.8) is 0 Å². The molecule has 0 heterocycles. The van der Waals surface area contributed by atoms with Gasteiger partial charge in [0.1, 0.15) is 5.54 Å². The molecule has 0 saturated heterocycles. The quantitative estimate of drug-likeness (QED) is 0.722. The molecule has 0 spiro atoms. The number of hydrogen-bond acceptors (Lipinski definition) is 3. The first-order chi connectivity index (χ1) is 9.74. The predicted molar refractivity (Wildman–Crippen MR) is 87.3 cm³/mol. The van der Waals surface area contributed by atoms with Crippen LogP contribution >= 0.6 is 0 Å². The highest BCUT2D eigenvalue weighted by Crippen LogP contribution is 2.30. The van der Waals surface area contributed by atoms with E-state index in [1.165, 1.54) is 12.8 Å². The van der Waals surface area contributed by atoms with E-state index in [1.807, 2.05) is 0 Å². The Morgan fingerprint density at radius 1 is 1.24 bits per heavy atom. The third kappa shape index (κ3) is 5.95. The molecular formula is C17H34N2O2. The van der Waals surface area contributed by atoms with Crippen molar-refractivity contribution in [1.82, 2.24) is 4.90 Å². The van der Waals surface area contributed by atoms with Gasteiger partial charge in [-0.05, 0) is 63.5 Å². The SMILES string of the molecule is CC(C)CCN(CCC(C)C)C1CCCC(N)(C(=O)O)C1. The summed E-state index contributed by atoms with van der Waals surface area (Å²) >= 11 is 0. The zero-order valence-electron chi connectivity index (χ0n) is 14.3. The van der Waals surface area contributed by atoms with Crippen LogP contribution in [0.25, 0.3) is 0 Å². The van der Waals surface area contributed by atoms with E-state index >= 15 is 0 Å². The normalized spacial score (nSPS) is 26.8. The number of carboxylic acid groups (broad SMARTS) is 1. The molecule has 0 bridgehead atoms. The molecule has 0 radical (unpaired) electrons. The Balaban J connectivity index is 2.68. The molecule has 0 aromatic carbocycles. The van der Waals surface area contributed by atoms with Gasteiger partial charge in [0.15, 0.2) is 0 Å². The van der Waals surface area contributed by atoms with Crippen molar-refractivity contribution in [1.29, 1.82) is 0 Å². The van der Waals surface area contributed by atoms with Crippen LogP contribution in [0.3, 0.4) is 0 Å². The fraction of sp³-hybridized carbons (Fsp3) is 0.941. The van der Waals surface area contributed by atoms with E-state index in [9.17, 15) is 9.90 Å². The second-order valence-corrected chi connectivity index (χ2v) is 7.61. The van der Waals surface area contributed by atoms with Gasteiger partial charge in [0, 0.05) is 6.04 Å². The molecule has 21 heavy (non-hydrogen) atoms. The molecule has 2 atom stereocenters. The Kier molecular flexibility index (Phi) is 7.14. The summed E-state index contributed by atoms with van der Waals surface area (Å²) in [6.45, 7) is 11.1. The highest BCUT2D eigenvalue weighted by molar-refractivity contribution is 5.78. The molecule has 4 heteroatoms. The van der Waals surface area contributed by atoms with Crippen LogP contribution in [0.15, 0.2) is 0 Å². The topological polar surface area (TPSA) is 66.6 Å². The average molecular weight is 298 g/mol. The number of carbonyl (C=O) groups is 1. The van der Waals surface area contributed by atoms with Crippen molar-refractivity contribution in [2.24, 2.45) is 17.6 Å². The van der Waals surface area contributed by atoms with Crippen molar-refractivity contribution in [3.8, 4) is 0 Å². The summed E-state index contributed by atoms with van der Waals surface area (Å²) in [4.78, 5) is 13.9. The van der Waals surface area contributed by atoms with Crippen LogP contribution in [-0.4, -0.2) is 40.6 Å². The molecule has 0 amide bonds. The molecule has 1 aliphatic rings. The number of rotatable bonds is 8. The van der Waals surface area contributed by atoms with Crippen LogP contribution in [0.2, 0.25) is 0 Å². The molecule has 1 saturated carbocycles. The summed E-state index contributed by atoms with van der Waals surface area (Å²) in [6, 6.07) is 0.331. The second kappa shape index (κ2) is 8.14. The predicted octanol–water partition coefficient (Wildman–Crippen LogP) is 3.11. The van der Waals surface area contributed by atoms with E-state index in [4.69, 9.17) is 5.73 Å². The van der Waals surface area contributed by atoms with Gasteiger partial charge in [-0.2, -0.15) is 0 Å². The van der Waals surface area contributed by atoms with Crippen molar-refractivity contribution < 1.29 is 9.90 Å². The van der Waals surface area contributed by atoms with Crippen molar-refractivity contribution in [2.45, 2.75) is 77.8 Å². The fourth-order valence-corrected chi connectivity index (χ4v) is 3.11. The molecule has 1 aliphatic carbocycles. The molecule has 2 unspecified atom stereocenters. The van der Waals surface area contributed by atoms with Gasteiger partial charge in [-0.25, -0.2) is 0 Å². The second-order valence-electron chi connectivity index (χ2n) is 7.61. The Bertz CT molecular complexity index is 319. The van der Waals surface area contributed by atoms with E-state index in [-0.39, 0.29) is 0 Å². The number of nitrogens with zero attached hydrogens (tertiary/aromatic N) is 1.